The molecule has 0 spiro atoms. The number of hydrogen-bond acceptors (Lipinski definition) is 3. The summed E-state index contributed by atoms with van der Waals surface area (Å²) in [7, 11) is 1.60. The molecule has 2 atom stereocenters. The normalized spacial score (nSPS) is 25.7. The van der Waals surface area contributed by atoms with Crippen LogP contribution in [0.5, 0.6) is 0 Å². The van der Waals surface area contributed by atoms with Crippen molar-refractivity contribution in [2.24, 2.45) is 0 Å². The van der Waals surface area contributed by atoms with Crippen molar-refractivity contribution in [3.63, 3.8) is 0 Å². The minimum Gasteiger partial charge on any atom is -0.380 e. The van der Waals surface area contributed by atoms with Crippen LogP contribution in [0.1, 0.15) is 34.1 Å². The molecule has 2 unspecified atom stereocenters. The van der Waals surface area contributed by atoms with Gasteiger partial charge in [-0.1, -0.05) is 6.92 Å². The number of methoxy groups -OCH3 is 1. The molecule has 5 heteroatoms. The minimum atomic E-state index is -0.823. The molecule has 1 fully saturated rings. The van der Waals surface area contributed by atoms with Crippen molar-refractivity contribution >= 4 is 11.8 Å². The van der Waals surface area contributed by atoms with E-state index in [4.69, 9.17) is 4.74 Å². The first-order valence-electron chi connectivity index (χ1n) is 5.99. The van der Waals surface area contributed by atoms with Gasteiger partial charge in [0, 0.05) is 13.7 Å². The number of nitrogens with zero attached hydrogens (tertiary/aromatic N) is 1. The molecule has 0 saturated carbocycles. The Morgan fingerprint density at radius 1 is 1.47 bits per heavy atom. The van der Waals surface area contributed by atoms with Crippen molar-refractivity contribution in [3.05, 3.63) is 0 Å². The van der Waals surface area contributed by atoms with Gasteiger partial charge in [0.2, 0.25) is 11.8 Å². The van der Waals surface area contributed by atoms with Gasteiger partial charge < -0.3 is 15.0 Å². The zero-order valence-corrected chi connectivity index (χ0v) is 11.2. The Morgan fingerprint density at radius 3 is 2.53 bits per heavy atom. The van der Waals surface area contributed by atoms with Gasteiger partial charge in [-0.2, -0.15) is 0 Å². The van der Waals surface area contributed by atoms with Gasteiger partial charge in [-0.05, 0) is 27.2 Å². The molecule has 1 heterocycles. The smallest absolute Gasteiger partial charge is 0.248 e. The monoisotopic (exact) mass is 242 g/mol. The van der Waals surface area contributed by atoms with Crippen LogP contribution in [0.15, 0.2) is 0 Å². The fraction of sp³-hybridized carbons (Fsp3) is 0.833. The van der Waals surface area contributed by atoms with E-state index < -0.39 is 5.54 Å². The second-order valence-corrected chi connectivity index (χ2v) is 5.04. The molecule has 1 rings (SSSR count). The van der Waals surface area contributed by atoms with E-state index >= 15 is 0 Å². The van der Waals surface area contributed by atoms with Crippen LogP contribution in [0.2, 0.25) is 0 Å². The molecule has 0 aromatic carbocycles. The Kier molecular flexibility index (Phi) is 4.14. The topological polar surface area (TPSA) is 58.6 Å². The number of amides is 2. The van der Waals surface area contributed by atoms with Gasteiger partial charge in [0.15, 0.2) is 0 Å². The maximum absolute atomic E-state index is 12.3. The summed E-state index contributed by atoms with van der Waals surface area (Å²) >= 11 is 0. The number of piperazine rings is 1. The lowest BCUT2D eigenvalue weighted by Crippen LogP contribution is -2.68. The maximum atomic E-state index is 12.3. The molecule has 1 aliphatic heterocycles. The van der Waals surface area contributed by atoms with Crippen LogP contribution in [0.25, 0.3) is 0 Å². The van der Waals surface area contributed by atoms with Gasteiger partial charge in [0.05, 0.1) is 6.10 Å². The first-order valence-corrected chi connectivity index (χ1v) is 5.99. The highest BCUT2D eigenvalue weighted by Crippen LogP contribution is 2.20. The van der Waals surface area contributed by atoms with Crippen molar-refractivity contribution < 1.29 is 14.3 Å². The predicted molar refractivity (Wildman–Crippen MR) is 64.5 cm³/mol. The summed E-state index contributed by atoms with van der Waals surface area (Å²) in [4.78, 5) is 25.8. The number of carbonyl (C=O) groups excluding carboxylic acids is 2. The quantitative estimate of drug-likeness (QED) is 0.782. The zero-order chi connectivity index (χ0) is 13.2. The van der Waals surface area contributed by atoms with Crippen LogP contribution in [-0.2, 0) is 14.3 Å². The molecule has 1 saturated heterocycles. The number of rotatable bonds is 4. The number of nitrogens with one attached hydrogen (secondary N) is 1. The summed E-state index contributed by atoms with van der Waals surface area (Å²) in [6, 6.07) is -0.381. The lowest BCUT2D eigenvalue weighted by atomic mass is 9.95. The van der Waals surface area contributed by atoms with Crippen molar-refractivity contribution in [1.29, 1.82) is 0 Å². The van der Waals surface area contributed by atoms with Crippen LogP contribution in [0, 0.1) is 0 Å². The second-order valence-electron chi connectivity index (χ2n) is 5.04. The summed E-state index contributed by atoms with van der Waals surface area (Å²) in [5.41, 5.74) is -0.823. The fourth-order valence-electron chi connectivity index (χ4n) is 2.05. The van der Waals surface area contributed by atoms with Gasteiger partial charge in [-0.3, -0.25) is 9.59 Å². The van der Waals surface area contributed by atoms with Crippen LogP contribution in [0.3, 0.4) is 0 Å². The van der Waals surface area contributed by atoms with E-state index in [-0.39, 0.29) is 24.0 Å². The second kappa shape index (κ2) is 5.04. The van der Waals surface area contributed by atoms with Gasteiger partial charge in [-0.25, -0.2) is 0 Å². The van der Waals surface area contributed by atoms with E-state index in [0.29, 0.717) is 13.0 Å². The molecule has 0 radical (unpaired) electrons. The number of ether oxygens (including phenoxy) is 1. The minimum absolute atomic E-state index is 0.0483. The zero-order valence-electron chi connectivity index (χ0n) is 11.2. The molecule has 17 heavy (non-hydrogen) atoms. The van der Waals surface area contributed by atoms with Gasteiger partial charge in [0.1, 0.15) is 11.6 Å². The van der Waals surface area contributed by atoms with E-state index in [0.717, 1.165) is 0 Å². The highest BCUT2D eigenvalue weighted by Gasteiger charge is 2.44. The highest BCUT2D eigenvalue weighted by atomic mass is 16.5. The molecule has 0 bridgehead atoms. The average Bonchev–Trinajstić information content (AvgIpc) is 2.25. The molecule has 0 aromatic rings. The van der Waals surface area contributed by atoms with Crippen molar-refractivity contribution in [1.82, 2.24) is 10.2 Å². The third kappa shape index (κ3) is 2.77. The van der Waals surface area contributed by atoms with Gasteiger partial charge >= 0.3 is 0 Å². The van der Waals surface area contributed by atoms with Crippen LogP contribution >= 0.6 is 0 Å². The van der Waals surface area contributed by atoms with Crippen LogP contribution in [-0.4, -0.2) is 48.1 Å². The lowest BCUT2D eigenvalue weighted by Gasteiger charge is -2.43. The molecule has 2 amide bonds. The van der Waals surface area contributed by atoms with Crippen LogP contribution < -0.4 is 5.32 Å². The van der Waals surface area contributed by atoms with Crippen molar-refractivity contribution in [2.45, 2.75) is 51.8 Å². The SMILES string of the molecule is CCC1C(=O)NC(C)(C)C(=O)N1CC(C)OC. The van der Waals surface area contributed by atoms with E-state index in [1.54, 1.807) is 25.9 Å². The largest absolute Gasteiger partial charge is 0.380 e. The molecule has 98 valence electrons. The Hall–Kier alpha value is -1.10. The van der Waals surface area contributed by atoms with Gasteiger partial charge in [0.25, 0.3) is 0 Å². The Labute approximate surface area is 102 Å². The molecule has 1 aliphatic rings. The molecule has 1 N–H and O–H groups in total. The fourth-order valence-corrected chi connectivity index (χ4v) is 2.05. The molecule has 0 aromatic heterocycles. The maximum Gasteiger partial charge on any atom is 0.248 e. The third-order valence-corrected chi connectivity index (χ3v) is 3.15. The van der Waals surface area contributed by atoms with E-state index in [2.05, 4.69) is 5.32 Å². The molecule has 0 aliphatic carbocycles. The van der Waals surface area contributed by atoms with E-state index in [9.17, 15) is 9.59 Å². The van der Waals surface area contributed by atoms with Crippen LogP contribution in [0.4, 0.5) is 0 Å². The van der Waals surface area contributed by atoms with Crippen molar-refractivity contribution in [3.8, 4) is 0 Å². The molecular formula is C12H22N2O3. The summed E-state index contributed by atoms with van der Waals surface area (Å²) in [6.45, 7) is 7.69. The summed E-state index contributed by atoms with van der Waals surface area (Å²) < 4.78 is 5.17. The summed E-state index contributed by atoms with van der Waals surface area (Å²) in [5.74, 6) is -0.131. The Bertz CT molecular complexity index is 315. The highest BCUT2D eigenvalue weighted by molar-refractivity contribution is 5.99. The molecular weight excluding hydrogens is 220 g/mol. The third-order valence-electron chi connectivity index (χ3n) is 3.15. The van der Waals surface area contributed by atoms with Gasteiger partial charge in [-0.15, -0.1) is 0 Å². The Balaban J connectivity index is 2.93. The summed E-state index contributed by atoms with van der Waals surface area (Å²) in [6.07, 6.45) is 0.541. The Morgan fingerprint density at radius 2 is 2.06 bits per heavy atom. The van der Waals surface area contributed by atoms with E-state index in [1.807, 2.05) is 13.8 Å². The van der Waals surface area contributed by atoms with Crippen molar-refractivity contribution in [2.75, 3.05) is 13.7 Å². The average molecular weight is 242 g/mol. The lowest BCUT2D eigenvalue weighted by molar-refractivity contribution is -0.155. The number of carbonyl (C=O) groups is 2. The first-order chi connectivity index (χ1) is 7.83. The number of hydrogen-bond donors (Lipinski definition) is 1. The first kappa shape index (κ1) is 14.0. The summed E-state index contributed by atoms with van der Waals surface area (Å²) in [5, 5.41) is 2.76. The predicted octanol–water partition coefficient (Wildman–Crippen LogP) is 0.537. The van der Waals surface area contributed by atoms with E-state index in [1.165, 1.54) is 0 Å². The standard InChI is InChI=1S/C12H22N2O3/c1-6-9-10(15)13-12(3,4)11(16)14(9)7-8(2)17-5/h8-9H,6-7H2,1-5H3,(H,13,15). The molecule has 5 nitrogen and oxygen atoms in total.